The predicted molar refractivity (Wildman–Crippen MR) is 79.5 cm³/mol. The number of hydrogen-bond acceptors (Lipinski definition) is 5. The molecule has 5 nitrogen and oxygen atoms in total. The maximum Gasteiger partial charge on any atom is 0.199 e. The summed E-state index contributed by atoms with van der Waals surface area (Å²) in [6, 6.07) is 4.69. The summed E-state index contributed by atoms with van der Waals surface area (Å²) in [6.07, 6.45) is 5.75. The molecule has 1 heterocycles. The minimum absolute atomic E-state index is 0.0864. The van der Waals surface area contributed by atoms with Crippen molar-refractivity contribution >= 4 is 5.78 Å². The van der Waals surface area contributed by atoms with Crippen LogP contribution in [0.4, 0.5) is 0 Å². The number of ketones is 1. The van der Waals surface area contributed by atoms with Crippen molar-refractivity contribution in [1.82, 2.24) is 4.90 Å². The van der Waals surface area contributed by atoms with Gasteiger partial charge in [-0.05, 0) is 25.0 Å². The number of carbonyl (C=O) groups is 1. The molecule has 2 rings (SSSR count). The van der Waals surface area contributed by atoms with Crippen molar-refractivity contribution in [3.63, 3.8) is 0 Å². The fourth-order valence-corrected chi connectivity index (χ4v) is 2.06. The van der Waals surface area contributed by atoms with E-state index in [9.17, 15) is 9.90 Å². The summed E-state index contributed by atoms with van der Waals surface area (Å²) in [5.41, 5.74) is 0.255. The van der Waals surface area contributed by atoms with Crippen LogP contribution in [0.1, 0.15) is 29.6 Å². The Hall–Kier alpha value is -2.01. The highest BCUT2D eigenvalue weighted by Crippen LogP contribution is 2.26. The zero-order valence-electron chi connectivity index (χ0n) is 12.4. The van der Waals surface area contributed by atoms with Crippen LogP contribution in [0.5, 0.6) is 11.5 Å². The maximum absolute atomic E-state index is 11.9. The van der Waals surface area contributed by atoms with Crippen LogP contribution in [0.3, 0.4) is 0 Å². The molecule has 1 N–H and O–H groups in total. The van der Waals surface area contributed by atoms with Crippen molar-refractivity contribution < 1.29 is 19.4 Å². The molecule has 1 aliphatic rings. The second-order valence-electron chi connectivity index (χ2n) is 5.24. The van der Waals surface area contributed by atoms with E-state index in [2.05, 4.69) is 0 Å². The number of aromatic hydroxyl groups is 1. The zero-order chi connectivity index (χ0) is 15.2. The molecule has 1 aromatic rings. The summed E-state index contributed by atoms with van der Waals surface area (Å²) in [4.78, 5) is 13.7. The first-order valence-corrected chi connectivity index (χ1v) is 7.06. The Morgan fingerprint density at radius 2 is 2.24 bits per heavy atom. The van der Waals surface area contributed by atoms with Gasteiger partial charge in [0.05, 0.1) is 12.2 Å². The molecule has 5 heteroatoms. The second-order valence-corrected chi connectivity index (χ2v) is 5.24. The fraction of sp³-hybridized carbons (Fsp3) is 0.438. The van der Waals surface area contributed by atoms with Gasteiger partial charge in [-0.3, -0.25) is 4.79 Å². The van der Waals surface area contributed by atoms with Gasteiger partial charge in [0.25, 0.3) is 0 Å². The largest absolute Gasteiger partial charge is 0.507 e. The monoisotopic (exact) mass is 291 g/mol. The summed E-state index contributed by atoms with van der Waals surface area (Å²) >= 11 is 0. The molecule has 0 radical (unpaired) electrons. The SMILES string of the molecule is CN(C)/C=C/C(=O)c1ccc(OC2CCCCO2)cc1O. The Morgan fingerprint density at radius 1 is 1.43 bits per heavy atom. The first kappa shape index (κ1) is 15.4. The smallest absolute Gasteiger partial charge is 0.199 e. The molecule has 1 fully saturated rings. The van der Waals surface area contributed by atoms with E-state index in [0.29, 0.717) is 12.4 Å². The molecular weight excluding hydrogens is 270 g/mol. The number of hydrogen-bond donors (Lipinski definition) is 1. The molecule has 1 aromatic carbocycles. The summed E-state index contributed by atoms with van der Waals surface area (Å²) in [6.45, 7) is 0.697. The third kappa shape index (κ3) is 4.49. The van der Waals surface area contributed by atoms with Crippen LogP contribution in [-0.2, 0) is 4.74 Å². The van der Waals surface area contributed by atoms with E-state index in [0.717, 1.165) is 19.3 Å². The molecule has 1 unspecified atom stereocenters. The number of allylic oxidation sites excluding steroid dienone is 1. The van der Waals surface area contributed by atoms with Gasteiger partial charge in [-0.2, -0.15) is 0 Å². The molecule has 1 aliphatic heterocycles. The van der Waals surface area contributed by atoms with Crippen LogP contribution >= 0.6 is 0 Å². The second kappa shape index (κ2) is 7.13. The quantitative estimate of drug-likeness (QED) is 0.667. The molecule has 0 amide bonds. The number of nitrogens with zero attached hydrogens (tertiary/aromatic N) is 1. The number of ether oxygens (including phenoxy) is 2. The van der Waals surface area contributed by atoms with Gasteiger partial charge in [0.15, 0.2) is 12.1 Å². The molecule has 0 bridgehead atoms. The maximum atomic E-state index is 11.9. The summed E-state index contributed by atoms with van der Waals surface area (Å²) in [5, 5.41) is 9.97. The van der Waals surface area contributed by atoms with Gasteiger partial charge in [-0.15, -0.1) is 0 Å². The molecule has 0 saturated carbocycles. The molecule has 0 aromatic heterocycles. The van der Waals surface area contributed by atoms with Crippen LogP contribution < -0.4 is 4.74 Å². The van der Waals surface area contributed by atoms with Crippen molar-refractivity contribution in [2.45, 2.75) is 25.6 Å². The first-order chi connectivity index (χ1) is 10.1. The average molecular weight is 291 g/mol. The summed E-state index contributed by atoms with van der Waals surface area (Å²) in [5.74, 6) is 0.172. The number of carbonyl (C=O) groups excluding carboxylic acids is 1. The van der Waals surface area contributed by atoms with E-state index < -0.39 is 0 Å². The molecule has 0 spiro atoms. The van der Waals surface area contributed by atoms with Crippen LogP contribution in [0.15, 0.2) is 30.5 Å². The number of rotatable bonds is 5. The number of phenolic OH excluding ortho intramolecular Hbond substituents is 1. The van der Waals surface area contributed by atoms with E-state index in [1.165, 1.54) is 12.1 Å². The summed E-state index contributed by atoms with van der Waals surface area (Å²) < 4.78 is 11.1. The first-order valence-electron chi connectivity index (χ1n) is 7.06. The minimum Gasteiger partial charge on any atom is -0.507 e. The number of benzene rings is 1. The Balaban J connectivity index is 2.04. The lowest BCUT2D eigenvalue weighted by atomic mass is 10.1. The van der Waals surface area contributed by atoms with Crippen LogP contribution in [0.25, 0.3) is 0 Å². The van der Waals surface area contributed by atoms with E-state index in [1.807, 2.05) is 14.1 Å². The normalized spacial score (nSPS) is 18.7. The average Bonchev–Trinajstić information content (AvgIpc) is 2.46. The van der Waals surface area contributed by atoms with Gasteiger partial charge in [0, 0.05) is 38.9 Å². The predicted octanol–water partition coefficient (Wildman–Crippen LogP) is 2.56. The van der Waals surface area contributed by atoms with E-state index >= 15 is 0 Å². The Labute approximate surface area is 124 Å². The van der Waals surface area contributed by atoms with Crippen molar-refractivity contribution in [2.75, 3.05) is 20.7 Å². The minimum atomic E-state index is -0.270. The van der Waals surface area contributed by atoms with Gasteiger partial charge in [0.1, 0.15) is 11.5 Å². The van der Waals surface area contributed by atoms with Crippen molar-refractivity contribution in [3.05, 3.63) is 36.0 Å². The van der Waals surface area contributed by atoms with Gasteiger partial charge in [0.2, 0.25) is 0 Å². The van der Waals surface area contributed by atoms with E-state index in [4.69, 9.17) is 9.47 Å². The van der Waals surface area contributed by atoms with E-state index in [-0.39, 0.29) is 23.4 Å². The summed E-state index contributed by atoms with van der Waals surface area (Å²) in [7, 11) is 3.65. The van der Waals surface area contributed by atoms with Crippen molar-refractivity contribution in [1.29, 1.82) is 0 Å². The van der Waals surface area contributed by atoms with Gasteiger partial charge < -0.3 is 19.5 Å². The topological polar surface area (TPSA) is 59.0 Å². The third-order valence-electron chi connectivity index (χ3n) is 3.16. The van der Waals surface area contributed by atoms with Crippen LogP contribution in [-0.4, -0.2) is 42.8 Å². The standard InChI is InChI=1S/C16H21NO4/c1-17(2)9-8-14(18)13-7-6-12(11-15(13)19)21-16-5-3-4-10-20-16/h6-9,11,16,19H,3-5,10H2,1-2H3/b9-8+. The molecule has 114 valence electrons. The number of phenols is 1. The molecule has 1 saturated heterocycles. The van der Waals surface area contributed by atoms with Gasteiger partial charge in [-0.25, -0.2) is 0 Å². The van der Waals surface area contributed by atoms with Crippen molar-refractivity contribution in [3.8, 4) is 11.5 Å². The molecule has 21 heavy (non-hydrogen) atoms. The lowest BCUT2D eigenvalue weighted by Crippen LogP contribution is -2.24. The Morgan fingerprint density at radius 3 is 2.86 bits per heavy atom. The van der Waals surface area contributed by atoms with E-state index in [1.54, 1.807) is 23.2 Å². The fourth-order valence-electron chi connectivity index (χ4n) is 2.06. The van der Waals surface area contributed by atoms with Gasteiger partial charge >= 0.3 is 0 Å². The Bertz CT molecular complexity index is 519. The highest BCUT2D eigenvalue weighted by molar-refractivity contribution is 6.06. The molecule has 1 atom stereocenters. The van der Waals surface area contributed by atoms with Crippen LogP contribution in [0, 0.1) is 0 Å². The van der Waals surface area contributed by atoms with Gasteiger partial charge in [-0.1, -0.05) is 0 Å². The van der Waals surface area contributed by atoms with Crippen LogP contribution in [0.2, 0.25) is 0 Å². The highest BCUT2D eigenvalue weighted by atomic mass is 16.7. The highest BCUT2D eigenvalue weighted by Gasteiger charge is 2.16. The Kier molecular flexibility index (Phi) is 5.22. The molecular formula is C16H21NO4. The lowest BCUT2D eigenvalue weighted by molar-refractivity contribution is -0.105. The third-order valence-corrected chi connectivity index (χ3v) is 3.16. The zero-order valence-corrected chi connectivity index (χ0v) is 12.4. The lowest BCUT2D eigenvalue weighted by Gasteiger charge is -2.23. The molecule has 0 aliphatic carbocycles. The van der Waals surface area contributed by atoms with Crippen molar-refractivity contribution in [2.24, 2.45) is 0 Å².